The van der Waals surface area contributed by atoms with E-state index in [1.165, 1.54) is 19.3 Å². The lowest BCUT2D eigenvalue weighted by Gasteiger charge is -2.41. The Morgan fingerprint density at radius 1 is 1.07 bits per heavy atom. The smallest absolute Gasteiger partial charge is 0.304 e. The van der Waals surface area contributed by atoms with Crippen molar-refractivity contribution < 1.29 is 23.5 Å². The molecule has 3 fully saturated rings. The van der Waals surface area contributed by atoms with E-state index in [0.717, 1.165) is 48.0 Å². The lowest BCUT2D eigenvalue weighted by atomic mass is 9.90. The van der Waals surface area contributed by atoms with Gasteiger partial charge in [-0.25, -0.2) is 11.8 Å². The predicted molar refractivity (Wildman–Crippen MR) is 118 cm³/mol. The quantitative estimate of drug-likeness (QED) is 0.543. The summed E-state index contributed by atoms with van der Waals surface area (Å²) in [7, 11) is 0. The van der Waals surface area contributed by atoms with Crippen LogP contribution in [0.3, 0.4) is 0 Å². The molecule has 2 amide bonds. The van der Waals surface area contributed by atoms with E-state index in [0.29, 0.717) is 17.9 Å². The van der Waals surface area contributed by atoms with Crippen LogP contribution < -0.4 is 4.74 Å². The first kappa shape index (κ1) is 19.6. The Morgan fingerprint density at radius 2 is 1.87 bits per heavy atom. The highest BCUT2D eigenvalue weighted by Crippen LogP contribution is 2.30. The minimum absolute atomic E-state index is 0.0840. The van der Waals surface area contributed by atoms with E-state index in [2.05, 4.69) is 4.90 Å². The van der Waals surface area contributed by atoms with E-state index in [4.69, 9.17) is 9.15 Å². The Morgan fingerprint density at radius 3 is 2.60 bits per heavy atom. The van der Waals surface area contributed by atoms with Crippen molar-refractivity contribution in [1.82, 2.24) is 9.80 Å². The van der Waals surface area contributed by atoms with E-state index >= 15 is 0 Å². The van der Waals surface area contributed by atoms with Crippen LogP contribution in [0.15, 0.2) is 28.7 Å². The molecule has 0 unspecified atom stereocenters. The maximum absolute atomic E-state index is 12.7. The number of carbonyl (C=O) groups is 3. The number of hydrogen-bond donors (Lipinski definition) is 0. The number of furan rings is 1. The molecule has 0 radical (unpaired) electrons. The van der Waals surface area contributed by atoms with Crippen LogP contribution in [0.4, 0.5) is 0 Å². The van der Waals surface area contributed by atoms with Crippen molar-refractivity contribution >= 4 is 39.7 Å². The second-order valence-electron chi connectivity index (χ2n) is 8.54. The normalized spacial score (nSPS) is 22.1. The summed E-state index contributed by atoms with van der Waals surface area (Å²) in [6.07, 6.45) is 6.29. The van der Waals surface area contributed by atoms with E-state index in [1.807, 2.05) is 12.1 Å². The second kappa shape index (κ2) is 8.07. The predicted octanol–water partition coefficient (Wildman–Crippen LogP) is 2.00. The molecule has 1 saturated carbocycles. The van der Waals surface area contributed by atoms with Crippen LogP contribution in [0, 0.1) is 0 Å². The third-order valence-corrected chi connectivity index (χ3v) is 8.01. The molecule has 2 saturated heterocycles. The molecule has 1 aromatic carbocycles. The van der Waals surface area contributed by atoms with Crippen molar-refractivity contribution in [3.05, 3.63) is 30.0 Å². The maximum Gasteiger partial charge on any atom is 0.304 e. The number of fused-ring (bicyclic) bond motifs is 1. The number of likely N-dealkylation sites (tertiary alicyclic amines) is 1. The third-order valence-electron chi connectivity index (χ3n) is 6.58. The molecule has 3 heterocycles. The van der Waals surface area contributed by atoms with Gasteiger partial charge in [-0.1, -0.05) is 6.42 Å². The summed E-state index contributed by atoms with van der Waals surface area (Å²) in [5.41, 5.74) is 0.565. The zero-order valence-corrected chi connectivity index (χ0v) is 18.4. The molecule has 1 aliphatic carbocycles. The molecular weight excluding hydrogens is 404 g/mol. The number of ether oxygens (including phenoxy) is 1. The van der Waals surface area contributed by atoms with Gasteiger partial charge in [-0.15, -0.1) is 0 Å². The fourth-order valence-corrected chi connectivity index (χ4v) is 5.79. The van der Waals surface area contributed by atoms with Gasteiger partial charge in [-0.3, -0.25) is 19.3 Å². The second-order valence-corrected chi connectivity index (χ2v) is 10.4. The Kier molecular flexibility index (Phi) is 5.28. The molecule has 0 bridgehead atoms. The largest absolute Gasteiger partial charge is 0.490 e. The van der Waals surface area contributed by atoms with Crippen molar-refractivity contribution in [2.45, 2.75) is 44.2 Å². The minimum Gasteiger partial charge on any atom is -0.490 e. The molecule has 162 valence electrons. The van der Waals surface area contributed by atoms with Crippen molar-refractivity contribution in [2.24, 2.45) is 0 Å². The minimum atomic E-state index is -1.04. The molecule has 0 atom stereocenters. The van der Waals surface area contributed by atoms with E-state index in [9.17, 15) is 14.4 Å². The fourth-order valence-electron chi connectivity index (χ4n) is 4.59. The van der Waals surface area contributed by atoms with Gasteiger partial charge < -0.3 is 14.1 Å². The van der Waals surface area contributed by atoms with E-state index in [1.54, 1.807) is 12.1 Å². The van der Waals surface area contributed by atoms with Gasteiger partial charge in [0, 0.05) is 31.1 Å². The molecular formula is C22H28N2O5S. The maximum atomic E-state index is 12.7. The molecule has 3 aliphatic rings. The van der Waals surface area contributed by atoms with Crippen molar-refractivity contribution in [1.29, 1.82) is 0 Å². The Labute approximate surface area is 178 Å². The number of benzene rings is 1. The van der Waals surface area contributed by atoms with Gasteiger partial charge in [0.1, 0.15) is 17.4 Å². The van der Waals surface area contributed by atoms with Crippen LogP contribution in [0.5, 0.6) is 5.75 Å². The summed E-state index contributed by atoms with van der Waals surface area (Å²) in [6, 6.07) is 7.95. The first-order valence-corrected chi connectivity index (χ1v) is 12.6. The number of imide groups is 1. The number of hydrogen-bond acceptors (Lipinski definition) is 6. The average molecular weight is 433 g/mol. The molecule has 1 aromatic heterocycles. The van der Waals surface area contributed by atoms with Crippen molar-refractivity contribution in [3.63, 3.8) is 0 Å². The fraction of sp³-hybridized carbons (Fsp3) is 0.500. The number of rotatable bonds is 4. The summed E-state index contributed by atoms with van der Waals surface area (Å²) < 4.78 is 11.9. The highest BCUT2D eigenvalue weighted by Gasteiger charge is 2.32. The summed E-state index contributed by atoms with van der Waals surface area (Å²) in [4.78, 5) is 40.0. The number of nitrogens with zero attached hydrogens (tertiary/aromatic N) is 2. The molecule has 0 N–H and O–H groups in total. The molecule has 2 aliphatic heterocycles. The van der Waals surface area contributed by atoms with Crippen LogP contribution in [0.2, 0.25) is 0 Å². The van der Waals surface area contributed by atoms with Gasteiger partial charge in [-0.2, -0.15) is 0 Å². The first-order chi connectivity index (χ1) is 14.6. The van der Waals surface area contributed by atoms with Crippen LogP contribution in [-0.2, 0) is 9.59 Å². The Bertz CT molecular complexity index is 991. The highest BCUT2D eigenvalue weighted by molar-refractivity contribution is 8.15. The SMILES string of the molecule is O=C1[SH4]CCN(C(=O)c2cc3cc(OC4CCN(C5CCC5)CC4)ccc3o2)C1=O. The first-order valence-electron chi connectivity index (χ1n) is 10.9. The Balaban J connectivity index is 1.25. The van der Waals surface area contributed by atoms with Gasteiger partial charge in [0.15, 0.2) is 5.76 Å². The average Bonchev–Trinajstić information content (AvgIpc) is 3.13. The van der Waals surface area contributed by atoms with Gasteiger partial charge in [-0.05, 0) is 55.7 Å². The standard InChI is InChI=1S/C22H28N2O5S/c25-20(24-10-11-30-22(27)21(24)26)19-13-14-12-17(4-5-18(14)29-19)28-16-6-8-23(9-7-16)15-2-1-3-15/h4-5,12-13,15-16H,1-3,6-11H2,30H4. The molecule has 30 heavy (non-hydrogen) atoms. The Hall–Kier alpha value is -2.32. The lowest BCUT2D eigenvalue weighted by molar-refractivity contribution is -0.138. The van der Waals surface area contributed by atoms with Crippen LogP contribution in [-0.4, -0.2) is 64.3 Å². The number of piperidine rings is 1. The molecule has 0 spiro atoms. The van der Waals surface area contributed by atoms with Gasteiger partial charge in [0.05, 0.1) is 0 Å². The molecule has 5 rings (SSSR count). The van der Waals surface area contributed by atoms with Crippen LogP contribution >= 0.6 is 11.8 Å². The lowest BCUT2D eigenvalue weighted by Crippen LogP contribution is -2.46. The van der Waals surface area contributed by atoms with E-state index < -0.39 is 23.6 Å². The van der Waals surface area contributed by atoms with Gasteiger partial charge in [0.2, 0.25) is 5.12 Å². The van der Waals surface area contributed by atoms with E-state index in [-0.39, 0.29) is 17.0 Å². The molecule has 7 nitrogen and oxygen atoms in total. The third kappa shape index (κ3) is 3.74. The van der Waals surface area contributed by atoms with Crippen LogP contribution in [0.1, 0.15) is 42.7 Å². The zero-order valence-electron chi connectivity index (χ0n) is 17.0. The monoisotopic (exact) mass is 432 g/mol. The molecule has 2 aromatic rings. The number of carbonyl (C=O) groups excluding carboxylic acids is 3. The zero-order chi connectivity index (χ0) is 20.7. The highest BCUT2D eigenvalue weighted by atomic mass is 32.2. The van der Waals surface area contributed by atoms with Gasteiger partial charge >= 0.3 is 5.91 Å². The van der Waals surface area contributed by atoms with Crippen LogP contribution in [0.25, 0.3) is 11.0 Å². The molecule has 8 heteroatoms. The van der Waals surface area contributed by atoms with Gasteiger partial charge in [0.25, 0.3) is 5.91 Å². The van der Waals surface area contributed by atoms with Crippen molar-refractivity contribution in [2.75, 3.05) is 25.4 Å². The summed E-state index contributed by atoms with van der Waals surface area (Å²) >= 11 is -1.04. The number of amides is 2. The summed E-state index contributed by atoms with van der Waals surface area (Å²) in [5.74, 6) is 0.258. The summed E-state index contributed by atoms with van der Waals surface area (Å²) in [6.45, 7) is 2.49. The van der Waals surface area contributed by atoms with Crippen molar-refractivity contribution in [3.8, 4) is 5.75 Å². The summed E-state index contributed by atoms with van der Waals surface area (Å²) in [5, 5.41) is 0.373. The topological polar surface area (TPSA) is 80.1 Å².